The molecule has 0 aliphatic rings. The number of aliphatic carboxylic acids is 1. The number of carbonyl (C=O) groups excluding carboxylic acids is 1. The maximum Gasteiger partial charge on any atom is 0.349 e. The molecule has 0 fully saturated rings. The third-order valence-corrected chi connectivity index (χ3v) is 2.19. The highest BCUT2D eigenvalue weighted by molar-refractivity contribution is 6.05. The monoisotopic (exact) mass is 210 g/mol. The molecule has 3 nitrogen and oxygen atoms in total. The largest absolute Gasteiger partial charge is 0.479 e. The zero-order chi connectivity index (χ0) is 11.5. The smallest absolute Gasteiger partial charge is 0.349 e. The number of carbonyl (C=O) groups is 2. The first kappa shape index (κ1) is 11.4. The molecule has 0 aromatic heterocycles. The van der Waals surface area contributed by atoms with Crippen LogP contribution in [0, 0.1) is 0 Å². The Labute approximate surface area is 86.5 Å². The van der Waals surface area contributed by atoms with Gasteiger partial charge in [0.05, 0.1) is 0 Å². The molecule has 0 bridgehead atoms. The molecule has 0 heterocycles. The van der Waals surface area contributed by atoms with Crippen molar-refractivity contribution in [1.82, 2.24) is 0 Å². The number of halogens is 1. The van der Waals surface area contributed by atoms with E-state index in [2.05, 4.69) is 0 Å². The molecule has 0 amide bonds. The fourth-order valence-electron chi connectivity index (χ4n) is 1.23. The molecule has 1 unspecified atom stereocenters. The van der Waals surface area contributed by atoms with E-state index in [1.165, 1.54) is 0 Å². The fraction of sp³-hybridized carbons (Fsp3) is 0.273. The number of ketones is 1. The van der Waals surface area contributed by atoms with E-state index in [1.807, 2.05) is 0 Å². The summed E-state index contributed by atoms with van der Waals surface area (Å²) >= 11 is 0. The summed E-state index contributed by atoms with van der Waals surface area (Å²) in [6.45, 7) is 0.942. The van der Waals surface area contributed by atoms with E-state index in [9.17, 15) is 14.0 Å². The van der Waals surface area contributed by atoms with Crippen molar-refractivity contribution in [1.29, 1.82) is 0 Å². The quantitative estimate of drug-likeness (QED) is 0.768. The number of carboxylic acid groups (broad SMARTS) is 1. The van der Waals surface area contributed by atoms with Crippen LogP contribution in [0.25, 0.3) is 0 Å². The summed E-state index contributed by atoms with van der Waals surface area (Å²) in [5, 5.41) is 8.67. The Morgan fingerprint density at radius 3 is 2.27 bits per heavy atom. The van der Waals surface area contributed by atoms with E-state index in [1.54, 1.807) is 30.3 Å². The van der Waals surface area contributed by atoms with Crippen LogP contribution in [0.15, 0.2) is 30.3 Å². The van der Waals surface area contributed by atoms with Gasteiger partial charge in [-0.05, 0) is 12.5 Å². The minimum absolute atomic E-state index is 0.432. The van der Waals surface area contributed by atoms with Crippen molar-refractivity contribution in [2.45, 2.75) is 19.0 Å². The summed E-state index contributed by atoms with van der Waals surface area (Å²) < 4.78 is 13.8. The maximum absolute atomic E-state index is 13.8. The average Bonchev–Trinajstić information content (AvgIpc) is 2.18. The minimum atomic E-state index is -2.82. The van der Waals surface area contributed by atoms with Crippen molar-refractivity contribution in [3.05, 3.63) is 35.9 Å². The van der Waals surface area contributed by atoms with Crippen molar-refractivity contribution in [3.63, 3.8) is 0 Å². The van der Waals surface area contributed by atoms with Crippen LogP contribution in [0.4, 0.5) is 4.39 Å². The van der Waals surface area contributed by atoms with E-state index >= 15 is 0 Å². The van der Waals surface area contributed by atoms with E-state index in [0.717, 1.165) is 6.92 Å². The van der Waals surface area contributed by atoms with Gasteiger partial charge in [-0.2, -0.15) is 0 Å². The standard InChI is InChI=1S/C11H11FO3/c1-8(13)11(12,10(14)15)7-9-5-3-2-4-6-9/h2-6H,7H2,1H3,(H,14,15). The number of carboxylic acids is 1. The number of hydrogen-bond acceptors (Lipinski definition) is 2. The van der Waals surface area contributed by atoms with Crippen molar-refractivity contribution in [3.8, 4) is 0 Å². The van der Waals surface area contributed by atoms with Gasteiger partial charge in [-0.3, -0.25) is 4.79 Å². The number of Topliss-reactive ketones (excluding diaryl/α,β-unsaturated/α-hetero) is 1. The predicted octanol–water partition coefficient (Wildman–Crippen LogP) is 1.61. The highest BCUT2D eigenvalue weighted by atomic mass is 19.1. The Morgan fingerprint density at radius 1 is 1.33 bits per heavy atom. The lowest BCUT2D eigenvalue weighted by molar-refractivity contribution is -0.156. The summed E-state index contributed by atoms with van der Waals surface area (Å²) in [6, 6.07) is 8.23. The van der Waals surface area contributed by atoms with E-state index < -0.39 is 23.8 Å². The molecule has 1 aromatic rings. The Bertz CT molecular complexity index is 359. The second-order valence-electron chi connectivity index (χ2n) is 3.32. The van der Waals surface area contributed by atoms with Gasteiger partial charge in [-0.25, -0.2) is 9.18 Å². The topological polar surface area (TPSA) is 54.4 Å². The van der Waals surface area contributed by atoms with Crippen molar-refractivity contribution < 1.29 is 19.1 Å². The van der Waals surface area contributed by atoms with Crippen LogP contribution < -0.4 is 0 Å². The van der Waals surface area contributed by atoms with Crippen LogP contribution in [-0.2, 0) is 16.0 Å². The summed E-state index contributed by atoms with van der Waals surface area (Å²) in [6.07, 6.45) is -0.432. The first-order valence-electron chi connectivity index (χ1n) is 4.44. The molecule has 0 saturated carbocycles. The molecule has 1 N–H and O–H groups in total. The first-order valence-corrected chi connectivity index (χ1v) is 4.44. The van der Waals surface area contributed by atoms with Gasteiger partial charge in [-0.1, -0.05) is 30.3 Å². The normalized spacial score (nSPS) is 14.3. The molecular formula is C11H11FO3. The Kier molecular flexibility index (Phi) is 3.19. The Balaban J connectivity index is 2.95. The molecule has 0 aliphatic carbocycles. The van der Waals surface area contributed by atoms with Gasteiger partial charge in [0.2, 0.25) is 0 Å². The maximum atomic E-state index is 13.8. The van der Waals surface area contributed by atoms with Crippen molar-refractivity contribution in [2.24, 2.45) is 0 Å². The van der Waals surface area contributed by atoms with Crippen LogP contribution >= 0.6 is 0 Å². The zero-order valence-corrected chi connectivity index (χ0v) is 8.24. The highest BCUT2D eigenvalue weighted by Gasteiger charge is 2.43. The van der Waals surface area contributed by atoms with Gasteiger partial charge in [0.1, 0.15) is 0 Å². The lowest BCUT2D eigenvalue weighted by atomic mass is 9.93. The molecule has 0 saturated heterocycles. The predicted molar refractivity (Wildman–Crippen MR) is 52.3 cm³/mol. The molecule has 15 heavy (non-hydrogen) atoms. The van der Waals surface area contributed by atoms with Crippen LogP contribution in [0.2, 0.25) is 0 Å². The number of benzene rings is 1. The summed E-state index contributed by atoms with van der Waals surface area (Å²) in [7, 11) is 0. The number of hydrogen-bond donors (Lipinski definition) is 1. The van der Waals surface area contributed by atoms with Crippen LogP contribution in [-0.4, -0.2) is 22.5 Å². The molecule has 0 radical (unpaired) electrons. The van der Waals surface area contributed by atoms with Crippen LogP contribution in [0.1, 0.15) is 12.5 Å². The molecule has 1 rings (SSSR count). The van der Waals surface area contributed by atoms with E-state index in [0.29, 0.717) is 5.56 Å². The molecule has 80 valence electrons. The number of alkyl halides is 1. The van der Waals surface area contributed by atoms with E-state index in [-0.39, 0.29) is 0 Å². The SMILES string of the molecule is CC(=O)C(F)(Cc1ccccc1)C(=O)O. The van der Waals surface area contributed by atoms with Crippen LogP contribution in [0.5, 0.6) is 0 Å². The summed E-state index contributed by atoms with van der Waals surface area (Å²) in [5.74, 6) is -2.72. The van der Waals surface area contributed by atoms with Gasteiger partial charge in [-0.15, -0.1) is 0 Å². The van der Waals surface area contributed by atoms with Crippen LogP contribution in [0.3, 0.4) is 0 Å². The third-order valence-electron chi connectivity index (χ3n) is 2.19. The van der Waals surface area contributed by atoms with Gasteiger partial charge in [0.25, 0.3) is 5.67 Å². The van der Waals surface area contributed by atoms with Crippen molar-refractivity contribution in [2.75, 3.05) is 0 Å². The molecular weight excluding hydrogens is 199 g/mol. The van der Waals surface area contributed by atoms with Gasteiger partial charge in [0.15, 0.2) is 5.78 Å². The van der Waals surface area contributed by atoms with E-state index in [4.69, 9.17) is 5.11 Å². The Hall–Kier alpha value is -1.71. The average molecular weight is 210 g/mol. The Morgan fingerprint density at radius 2 is 1.87 bits per heavy atom. The van der Waals surface area contributed by atoms with Gasteiger partial charge < -0.3 is 5.11 Å². The highest BCUT2D eigenvalue weighted by Crippen LogP contribution is 2.19. The van der Waals surface area contributed by atoms with Gasteiger partial charge in [0, 0.05) is 6.42 Å². The molecule has 0 spiro atoms. The number of rotatable bonds is 4. The summed E-state index contributed by atoms with van der Waals surface area (Å²) in [5.41, 5.74) is -2.33. The zero-order valence-electron chi connectivity index (χ0n) is 8.24. The second kappa shape index (κ2) is 4.21. The lowest BCUT2D eigenvalue weighted by Crippen LogP contribution is -2.43. The molecule has 0 aliphatic heterocycles. The summed E-state index contributed by atoms with van der Waals surface area (Å²) in [4.78, 5) is 21.6. The third kappa shape index (κ3) is 2.40. The molecule has 1 aromatic carbocycles. The van der Waals surface area contributed by atoms with Crippen molar-refractivity contribution >= 4 is 11.8 Å². The fourth-order valence-corrected chi connectivity index (χ4v) is 1.23. The first-order chi connectivity index (χ1) is 6.97. The minimum Gasteiger partial charge on any atom is -0.479 e. The molecule has 4 heteroatoms. The lowest BCUT2D eigenvalue weighted by Gasteiger charge is -2.16. The molecule has 1 atom stereocenters. The second-order valence-corrected chi connectivity index (χ2v) is 3.32. The van der Waals surface area contributed by atoms with Gasteiger partial charge >= 0.3 is 5.97 Å².